The van der Waals surface area contributed by atoms with E-state index in [4.69, 9.17) is 0 Å². The lowest BCUT2D eigenvalue weighted by Crippen LogP contribution is -2.36. The van der Waals surface area contributed by atoms with Crippen molar-refractivity contribution in [3.05, 3.63) is 21.9 Å². The highest BCUT2D eigenvalue weighted by molar-refractivity contribution is 7.10. The number of hydrogen-bond donors (Lipinski definition) is 2. The lowest BCUT2D eigenvalue weighted by Gasteiger charge is -2.24. The molecule has 0 aliphatic heterocycles. The van der Waals surface area contributed by atoms with Gasteiger partial charge in [-0.25, -0.2) is 0 Å². The standard InChI is InChI=1S/C13H21NOS/c1-9-4-3-5-11(9)14-12(8-15)13-10(2)6-7-16-13/h6-7,9,11-12,14-15H,3-5,8H2,1-2H3. The molecule has 0 saturated heterocycles. The van der Waals surface area contributed by atoms with Crippen LogP contribution < -0.4 is 5.32 Å². The van der Waals surface area contributed by atoms with Crippen LogP contribution in [-0.4, -0.2) is 17.8 Å². The molecule has 1 aromatic heterocycles. The van der Waals surface area contributed by atoms with E-state index in [-0.39, 0.29) is 12.6 Å². The molecule has 2 N–H and O–H groups in total. The summed E-state index contributed by atoms with van der Waals surface area (Å²) in [5.74, 6) is 0.745. The van der Waals surface area contributed by atoms with Crippen LogP contribution in [0.4, 0.5) is 0 Å². The van der Waals surface area contributed by atoms with Crippen LogP contribution in [0, 0.1) is 12.8 Å². The highest BCUT2D eigenvalue weighted by atomic mass is 32.1. The van der Waals surface area contributed by atoms with Gasteiger partial charge in [-0.3, -0.25) is 0 Å². The van der Waals surface area contributed by atoms with E-state index in [2.05, 4.69) is 30.6 Å². The molecular weight excluding hydrogens is 218 g/mol. The third-order valence-electron chi connectivity index (χ3n) is 3.68. The second-order valence-electron chi connectivity index (χ2n) is 4.88. The van der Waals surface area contributed by atoms with Gasteiger partial charge in [0.25, 0.3) is 0 Å². The van der Waals surface area contributed by atoms with Gasteiger partial charge in [0.2, 0.25) is 0 Å². The van der Waals surface area contributed by atoms with Gasteiger partial charge in [0, 0.05) is 10.9 Å². The van der Waals surface area contributed by atoms with E-state index in [9.17, 15) is 5.11 Å². The Morgan fingerprint density at radius 3 is 2.88 bits per heavy atom. The van der Waals surface area contributed by atoms with Gasteiger partial charge >= 0.3 is 0 Å². The first-order chi connectivity index (χ1) is 7.72. The maximum Gasteiger partial charge on any atom is 0.0654 e. The fourth-order valence-electron chi connectivity index (χ4n) is 2.60. The summed E-state index contributed by atoms with van der Waals surface area (Å²) >= 11 is 1.74. The second-order valence-corrected chi connectivity index (χ2v) is 5.83. The smallest absolute Gasteiger partial charge is 0.0654 e. The Bertz CT molecular complexity index is 336. The fourth-order valence-corrected chi connectivity index (χ4v) is 3.58. The van der Waals surface area contributed by atoms with Gasteiger partial charge in [-0.2, -0.15) is 0 Å². The molecule has 0 spiro atoms. The quantitative estimate of drug-likeness (QED) is 0.847. The van der Waals surface area contributed by atoms with E-state index in [1.165, 1.54) is 29.7 Å². The zero-order valence-electron chi connectivity index (χ0n) is 10.1. The van der Waals surface area contributed by atoms with E-state index < -0.39 is 0 Å². The van der Waals surface area contributed by atoms with Crippen LogP contribution in [0.25, 0.3) is 0 Å². The summed E-state index contributed by atoms with van der Waals surface area (Å²) in [6.45, 7) is 4.62. The molecule has 3 heteroatoms. The Labute approximate surface area is 102 Å². The number of rotatable bonds is 4. The molecule has 3 atom stereocenters. The van der Waals surface area contributed by atoms with Crippen LogP contribution in [0.5, 0.6) is 0 Å². The fraction of sp³-hybridized carbons (Fsp3) is 0.692. The van der Waals surface area contributed by atoms with Crippen molar-refractivity contribution in [3.63, 3.8) is 0 Å². The van der Waals surface area contributed by atoms with Crippen LogP contribution in [0.1, 0.15) is 42.7 Å². The van der Waals surface area contributed by atoms with E-state index in [1.807, 2.05) is 0 Å². The molecule has 1 fully saturated rings. The molecule has 0 radical (unpaired) electrons. The molecular formula is C13H21NOS. The summed E-state index contributed by atoms with van der Waals surface area (Å²) in [6, 6.07) is 2.84. The lowest BCUT2D eigenvalue weighted by atomic mass is 10.0. The molecule has 0 amide bonds. The summed E-state index contributed by atoms with van der Waals surface area (Å²) < 4.78 is 0. The highest BCUT2D eigenvalue weighted by Crippen LogP contribution is 2.29. The third kappa shape index (κ3) is 2.47. The first-order valence-corrected chi connectivity index (χ1v) is 7.01. The van der Waals surface area contributed by atoms with Crippen molar-refractivity contribution in [2.75, 3.05) is 6.61 Å². The molecule has 1 aromatic rings. The van der Waals surface area contributed by atoms with Gasteiger partial charge < -0.3 is 10.4 Å². The van der Waals surface area contributed by atoms with Crippen molar-refractivity contribution in [3.8, 4) is 0 Å². The zero-order chi connectivity index (χ0) is 11.5. The summed E-state index contributed by atoms with van der Waals surface area (Å²) in [5.41, 5.74) is 1.29. The second kappa shape index (κ2) is 5.30. The van der Waals surface area contributed by atoms with E-state index in [0.29, 0.717) is 6.04 Å². The van der Waals surface area contributed by atoms with Crippen molar-refractivity contribution in [2.24, 2.45) is 5.92 Å². The Kier molecular flexibility index (Phi) is 4.00. The van der Waals surface area contributed by atoms with Crippen LogP contribution in [-0.2, 0) is 0 Å². The monoisotopic (exact) mass is 239 g/mol. The number of aliphatic hydroxyl groups excluding tert-OH is 1. The first-order valence-electron chi connectivity index (χ1n) is 6.13. The van der Waals surface area contributed by atoms with Gasteiger partial charge in [-0.1, -0.05) is 13.3 Å². The highest BCUT2D eigenvalue weighted by Gasteiger charge is 2.26. The van der Waals surface area contributed by atoms with Crippen molar-refractivity contribution in [2.45, 2.75) is 45.2 Å². The van der Waals surface area contributed by atoms with Crippen molar-refractivity contribution in [1.82, 2.24) is 5.32 Å². The maximum absolute atomic E-state index is 9.51. The molecule has 0 aromatic carbocycles. The molecule has 1 aliphatic carbocycles. The Morgan fingerprint density at radius 1 is 1.56 bits per heavy atom. The first kappa shape index (κ1) is 12.1. The van der Waals surface area contributed by atoms with Crippen LogP contribution in [0.3, 0.4) is 0 Å². The molecule has 2 rings (SSSR count). The average Bonchev–Trinajstić information content (AvgIpc) is 2.85. The number of aliphatic hydroxyl groups is 1. The molecule has 1 saturated carbocycles. The average molecular weight is 239 g/mol. The van der Waals surface area contributed by atoms with Gasteiger partial charge in [0.05, 0.1) is 12.6 Å². The van der Waals surface area contributed by atoms with Crippen LogP contribution in [0.2, 0.25) is 0 Å². The van der Waals surface area contributed by atoms with Gasteiger partial charge in [-0.15, -0.1) is 11.3 Å². The van der Waals surface area contributed by atoms with E-state index >= 15 is 0 Å². The minimum atomic E-state index is 0.130. The molecule has 16 heavy (non-hydrogen) atoms. The molecule has 0 bridgehead atoms. The Morgan fingerprint density at radius 2 is 2.38 bits per heavy atom. The van der Waals surface area contributed by atoms with Crippen molar-refractivity contribution < 1.29 is 5.11 Å². The molecule has 1 aliphatic rings. The lowest BCUT2D eigenvalue weighted by molar-refractivity contribution is 0.226. The Hall–Kier alpha value is -0.380. The number of nitrogens with one attached hydrogen (secondary N) is 1. The predicted molar refractivity (Wildman–Crippen MR) is 68.8 cm³/mol. The number of aryl methyl sites for hydroxylation is 1. The third-order valence-corrected chi connectivity index (χ3v) is 4.81. The van der Waals surface area contributed by atoms with Gasteiger partial charge in [0.1, 0.15) is 0 Å². The maximum atomic E-state index is 9.51. The minimum Gasteiger partial charge on any atom is -0.394 e. The topological polar surface area (TPSA) is 32.3 Å². The molecule has 90 valence electrons. The summed E-state index contributed by atoms with van der Waals surface area (Å²) in [7, 11) is 0. The van der Waals surface area contributed by atoms with Crippen molar-refractivity contribution >= 4 is 11.3 Å². The predicted octanol–water partition coefficient (Wildman–Crippen LogP) is 2.87. The largest absolute Gasteiger partial charge is 0.394 e. The van der Waals surface area contributed by atoms with Crippen LogP contribution >= 0.6 is 11.3 Å². The molecule has 1 heterocycles. The van der Waals surface area contributed by atoms with Crippen LogP contribution in [0.15, 0.2) is 11.4 Å². The SMILES string of the molecule is Cc1ccsc1C(CO)NC1CCCC1C. The number of hydrogen-bond acceptors (Lipinski definition) is 3. The Balaban J connectivity index is 2.03. The normalized spacial score (nSPS) is 27.2. The molecule has 2 nitrogen and oxygen atoms in total. The zero-order valence-corrected chi connectivity index (χ0v) is 10.9. The van der Waals surface area contributed by atoms with E-state index in [1.54, 1.807) is 11.3 Å². The summed E-state index contributed by atoms with van der Waals surface area (Å²) in [5, 5.41) is 15.2. The molecule has 3 unspecified atom stereocenters. The summed E-state index contributed by atoms with van der Waals surface area (Å²) in [4.78, 5) is 1.29. The van der Waals surface area contributed by atoms with Gasteiger partial charge in [-0.05, 0) is 42.7 Å². The van der Waals surface area contributed by atoms with Crippen molar-refractivity contribution in [1.29, 1.82) is 0 Å². The van der Waals surface area contributed by atoms with Gasteiger partial charge in [0.15, 0.2) is 0 Å². The summed E-state index contributed by atoms with van der Waals surface area (Å²) in [6.07, 6.45) is 3.89. The van der Waals surface area contributed by atoms with E-state index in [0.717, 1.165) is 5.92 Å². The minimum absolute atomic E-state index is 0.130. The number of thiophene rings is 1.